The van der Waals surface area contributed by atoms with Gasteiger partial charge in [-0.05, 0) is 25.5 Å². The van der Waals surface area contributed by atoms with E-state index in [0.717, 1.165) is 19.3 Å². The Morgan fingerprint density at radius 2 is 1.76 bits per heavy atom. The number of unbranched alkanes of at least 4 members (excludes halogenated alkanes) is 5. The van der Waals surface area contributed by atoms with Crippen LogP contribution in [-0.4, -0.2) is 30.4 Å². The van der Waals surface area contributed by atoms with Crippen LogP contribution in [0.4, 0.5) is 10.5 Å². The van der Waals surface area contributed by atoms with Gasteiger partial charge in [-0.3, -0.25) is 5.32 Å². The number of anilines is 1. The molecule has 0 heterocycles. The number of amides is 1. The highest BCUT2D eigenvalue weighted by Gasteiger charge is 2.18. The molecule has 0 aliphatic rings. The van der Waals surface area contributed by atoms with Gasteiger partial charge in [0.05, 0.1) is 18.9 Å². The van der Waals surface area contributed by atoms with E-state index in [-0.39, 0.29) is 22.9 Å². The Balaban J connectivity index is 2.47. The molecule has 7 heteroatoms. The van der Waals surface area contributed by atoms with Gasteiger partial charge in [0.15, 0.2) is 5.75 Å². The molecule has 0 saturated heterocycles. The number of carbonyl (C=O) groups excluding carboxylic acids is 2. The van der Waals surface area contributed by atoms with E-state index in [0.29, 0.717) is 6.61 Å². The van der Waals surface area contributed by atoms with Crippen LogP contribution < -0.4 is 5.32 Å². The van der Waals surface area contributed by atoms with Crippen molar-refractivity contribution >= 4 is 29.4 Å². The molecule has 0 aromatic heterocycles. The van der Waals surface area contributed by atoms with E-state index in [1.807, 2.05) is 0 Å². The van der Waals surface area contributed by atoms with Gasteiger partial charge in [-0.1, -0.05) is 50.6 Å². The van der Waals surface area contributed by atoms with Gasteiger partial charge < -0.3 is 14.6 Å². The summed E-state index contributed by atoms with van der Waals surface area (Å²) in [6.45, 7) is 4.32. The summed E-state index contributed by atoms with van der Waals surface area (Å²) in [7, 11) is 0. The number of hydrogen-bond acceptors (Lipinski definition) is 5. The molecule has 0 spiro atoms. The first-order chi connectivity index (χ1) is 12.0. The molecule has 0 fully saturated rings. The molecule has 0 aliphatic heterocycles. The third kappa shape index (κ3) is 7.22. The quantitative estimate of drug-likeness (QED) is 0.439. The van der Waals surface area contributed by atoms with Crippen LogP contribution >= 0.6 is 11.6 Å². The summed E-state index contributed by atoms with van der Waals surface area (Å²) in [5.41, 5.74) is 0.109. The number of halogens is 1. The van der Waals surface area contributed by atoms with Crippen molar-refractivity contribution in [2.24, 2.45) is 0 Å². The van der Waals surface area contributed by atoms with E-state index >= 15 is 0 Å². The lowest BCUT2D eigenvalue weighted by Crippen LogP contribution is -2.15. The molecule has 140 valence electrons. The number of esters is 1. The second-order valence-corrected chi connectivity index (χ2v) is 5.95. The lowest BCUT2D eigenvalue weighted by molar-refractivity contribution is 0.0523. The average molecular weight is 372 g/mol. The molecule has 0 aliphatic carbocycles. The second-order valence-electron chi connectivity index (χ2n) is 5.57. The Labute approximate surface area is 153 Å². The molecule has 0 bridgehead atoms. The number of phenols is 1. The first-order valence-electron chi connectivity index (χ1n) is 8.63. The highest BCUT2D eigenvalue weighted by Crippen LogP contribution is 2.35. The van der Waals surface area contributed by atoms with Crippen molar-refractivity contribution < 1.29 is 24.2 Å². The Morgan fingerprint density at radius 3 is 2.44 bits per heavy atom. The van der Waals surface area contributed by atoms with Crippen molar-refractivity contribution in [2.75, 3.05) is 18.5 Å². The molecule has 0 atom stereocenters. The van der Waals surface area contributed by atoms with Crippen molar-refractivity contribution in [3.05, 3.63) is 22.7 Å². The van der Waals surface area contributed by atoms with Gasteiger partial charge in [0, 0.05) is 0 Å². The second kappa shape index (κ2) is 11.6. The van der Waals surface area contributed by atoms with Crippen LogP contribution in [0.5, 0.6) is 5.75 Å². The lowest BCUT2D eigenvalue weighted by atomic mass is 10.1. The van der Waals surface area contributed by atoms with Crippen LogP contribution in [0.1, 0.15) is 62.7 Å². The zero-order valence-corrected chi connectivity index (χ0v) is 15.5. The van der Waals surface area contributed by atoms with Crippen LogP contribution in [0.15, 0.2) is 12.1 Å². The number of nitrogens with one attached hydrogen (secondary N) is 1. The average Bonchev–Trinajstić information content (AvgIpc) is 2.58. The summed E-state index contributed by atoms with van der Waals surface area (Å²) in [6, 6.07) is 2.75. The van der Waals surface area contributed by atoms with E-state index < -0.39 is 17.8 Å². The third-order valence-corrected chi connectivity index (χ3v) is 3.96. The van der Waals surface area contributed by atoms with E-state index in [1.54, 1.807) is 6.92 Å². The fraction of sp³-hybridized carbons (Fsp3) is 0.556. The van der Waals surface area contributed by atoms with Gasteiger partial charge in [-0.15, -0.1) is 0 Å². The fourth-order valence-electron chi connectivity index (χ4n) is 2.23. The minimum absolute atomic E-state index is 0.0575. The maximum absolute atomic E-state index is 11.8. The first kappa shape index (κ1) is 21.1. The van der Waals surface area contributed by atoms with Crippen molar-refractivity contribution in [3.63, 3.8) is 0 Å². The summed E-state index contributed by atoms with van der Waals surface area (Å²) in [5.74, 6) is -1.12. The lowest BCUT2D eigenvalue weighted by Gasteiger charge is -2.11. The number of phenolic OH excluding ortho intramolecular Hbond substituents is 1. The first-order valence-corrected chi connectivity index (χ1v) is 9.01. The van der Waals surface area contributed by atoms with Crippen LogP contribution in [0.3, 0.4) is 0 Å². The number of ether oxygens (including phenoxy) is 2. The van der Waals surface area contributed by atoms with E-state index in [4.69, 9.17) is 21.1 Å². The van der Waals surface area contributed by atoms with E-state index in [1.165, 1.54) is 31.4 Å². The molecule has 1 amide bonds. The zero-order valence-electron chi connectivity index (χ0n) is 14.8. The smallest absolute Gasteiger partial charge is 0.411 e. The molecule has 1 aromatic rings. The molecule has 0 unspecified atom stereocenters. The summed E-state index contributed by atoms with van der Waals surface area (Å²) < 4.78 is 9.90. The van der Waals surface area contributed by atoms with Gasteiger partial charge in [0.25, 0.3) is 0 Å². The van der Waals surface area contributed by atoms with Crippen molar-refractivity contribution in [2.45, 2.75) is 52.4 Å². The Kier molecular flexibility index (Phi) is 9.77. The molecule has 1 rings (SSSR count). The Bertz CT molecular complexity index is 577. The van der Waals surface area contributed by atoms with Gasteiger partial charge in [0.2, 0.25) is 0 Å². The van der Waals surface area contributed by atoms with E-state index in [9.17, 15) is 14.7 Å². The predicted octanol–water partition coefficient (Wildman–Crippen LogP) is 5.13. The van der Waals surface area contributed by atoms with Crippen LogP contribution in [-0.2, 0) is 9.47 Å². The molecule has 1 aromatic carbocycles. The number of rotatable bonds is 10. The summed E-state index contributed by atoms with van der Waals surface area (Å²) in [4.78, 5) is 23.4. The Hall–Kier alpha value is -1.95. The number of benzene rings is 1. The highest BCUT2D eigenvalue weighted by molar-refractivity contribution is 6.35. The summed E-state index contributed by atoms with van der Waals surface area (Å²) >= 11 is 5.99. The molecule has 6 nitrogen and oxygen atoms in total. The number of hydrogen-bond donors (Lipinski definition) is 2. The Morgan fingerprint density at radius 1 is 1.08 bits per heavy atom. The molecular weight excluding hydrogens is 346 g/mol. The van der Waals surface area contributed by atoms with Gasteiger partial charge in [-0.2, -0.15) is 0 Å². The third-order valence-electron chi connectivity index (χ3n) is 3.58. The normalized spacial score (nSPS) is 10.4. The summed E-state index contributed by atoms with van der Waals surface area (Å²) in [5, 5.41) is 12.3. The highest BCUT2D eigenvalue weighted by atomic mass is 35.5. The van der Waals surface area contributed by atoms with Crippen LogP contribution in [0, 0.1) is 0 Å². The van der Waals surface area contributed by atoms with Crippen molar-refractivity contribution in [1.29, 1.82) is 0 Å². The summed E-state index contributed by atoms with van der Waals surface area (Å²) in [6.07, 6.45) is 5.92. The topological polar surface area (TPSA) is 84.9 Å². The minimum atomic E-state index is -0.681. The number of carbonyl (C=O) groups is 2. The van der Waals surface area contributed by atoms with Crippen LogP contribution in [0.25, 0.3) is 0 Å². The van der Waals surface area contributed by atoms with E-state index in [2.05, 4.69) is 12.2 Å². The van der Waals surface area contributed by atoms with Gasteiger partial charge >= 0.3 is 12.1 Å². The minimum Gasteiger partial charge on any atom is -0.505 e. The largest absolute Gasteiger partial charge is 0.505 e. The van der Waals surface area contributed by atoms with Gasteiger partial charge in [-0.25, -0.2) is 9.59 Å². The van der Waals surface area contributed by atoms with Crippen molar-refractivity contribution in [1.82, 2.24) is 0 Å². The molecule has 0 saturated carbocycles. The standard InChI is InChI=1S/C18H26ClNO5/c1-3-5-6-7-8-9-12-25-18(23)20-14-11-10-13(16(21)15(14)19)17(22)24-4-2/h10-11,21H,3-9,12H2,1-2H3,(H,20,23). The fourth-order valence-corrected chi connectivity index (χ4v) is 2.44. The molecule has 0 radical (unpaired) electrons. The van der Waals surface area contributed by atoms with Crippen LogP contribution in [0.2, 0.25) is 5.02 Å². The van der Waals surface area contributed by atoms with Gasteiger partial charge in [0.1, 0.15) is 10.6 Å². The maximum atomic E-state index is 11.8. The zero-order chi connectivity index (χ0) is 18.7. The predicted molar refractivity (Wildman–Crippen MR) is 97.4 cm³/mol. The molecular formula is C18H26ClNO5. The molecule has 2 N–H and O–H groups in total. The molecule has 25 heavy (non-hydrogen) atoms. The van der Waals surface area contributed by atoms with Crippen molar-refractivity contribution in [3.8, 4) is 5.75 Å². The number of aromatic hydroxyl groups is 1. The SMILES string of the molecule is CCCCCCCCOC(=O)Nc1ccc(C(=O)OCC)c(O)c1Cl. The monoisotopic (exact) mass is 371 g/mol. The maximum Gasteiger partial charge on any atom is 0.411 e.